The van der Waals surface area contributed by atoms with Crippen molar-refractivity contribution in [2.24, 2.45) is 11.7 Å². The molecule has 0 radical (unpaired) electrons. The highest BCUT2D eigenvalue weighted by atomic mass is 16.2. The molecule has 0 aliphatic carbocycles. The maximum atomic E-state index is 12.5. The molecule has 1 heterocycles. The summed E-state index contributed by atoms with van der Waals surface area (Å²) in [5, 5.41) is 0. The molecule has 6 nitrogen and oxygen atoms in total. The molecule has 2 N–H and O–H groups in total. The Bertz CT molecular complexity index is 383. The SMILES string of the molecule is CCC1(C(=O)N(C)CC(N)=O)C(C)CC(=O)N1C. The van der Waals surface area contributed by atoms with Crippen molar-refractivity contribution >= 4 is 17.7 Å². The zero-order valence-electron chi connectivity index (χ0n) is 11.4. The third kappa shape index (κ3) is 2.07. The largest absolute Gasteiger partial charge is 0.368 e. The standard InChI is InChI=1S/C12H21N3O3/c1-5-12(8(2)6-10(17)15(12)4)11(18)14(3)7-9(13)16/h8H,5-7H2,1-4H3,(H2,13,16). The number of hydrogen-bond donors (Lipinski definition) is 1. The van der Waals surface area contributed by atoms with Crippen LogP contribution in [0.25, 0.3) is 0 Å². The van der Waals surface area contributed by atoms with Gasteiger partial charge in [0.05, 0.1) is 6.54 Å². The second kappa shape index (κ2) is 4.96. The van der Waals surface area contributed by atoms with Crippen molar-refractivity contribution in [3.05, 3.63) is 0 Å². The van der Waals surface area contributed by atoms with Crippen LogP contribution in [-0.2, 0) is 14.4 Å². The zero-order chi connectivity index (χ0) is 14.1. The van der Waals surface area contributed by atoms with Crippen LogP contribution in [0, 0.1) is 5.92 Å². The Morgan fingerprint density at radius 1 is 1.56 bits per heavy atom. The van der Waals surface area contributed by atoms with Gasteiger partial charge in [-0.1, -0.05) is 13.8 Å². The molecule has 1 saturated heterocycles. The Morgan fingerprint density at radius 2 is 2.11 bits per heavy atom. The Hall–Kier alpha value is -1.59. The molecule has 0 aromatic carbocycles. The molecular weight excluding hydrogens is 234 g/mol. The van der Waals surface area contributed by atoms with Gasteiger partial charge in [-0.2, -0.15) is 0 Å². The van der Waals surface area contributed by atoms with Crippen LogP contribution < -0.4 is 5.73 Å². The first kappa shape index (κ1) is 14.5. The van der Waals surface area contributed by atoms with Gasteiger partial charge in [-0.25, -0.2) is 0 Å². The minimum atomic E-state index is -0.846. The van der Waals surface area contributed by atoms with Crippen molar-refractivity contribution in [2.75, 3.05) is 20.6 Å². The van der Waals surface area contributed by atoms with E-state index in [-0.39, 0.29) is 24.3 Å². The number of carbonyl (C=O) groups excluding carboxylic acids is 3. The van der Waals surface area contributed by atoms with E-state index in [0.29, 0.717) is 12.8 Å². The van der Waals surface area contributed by atoms with E-state index in [1.54, 1.807) is 7.05 Å². The van der Waals surface area contributed by atoms with E-state index < -0.39 is 11.4 Å². The maximum Gasteiger partial charge on any atom is 0.249 e. The normalized spacial score (nSPS) is 27.4. The molecule has 0 aromatic heterocycles. The average molecular weight is 255 g/mol. The number of carbonyl (C=O) groups is 3. The van der Waals surface area contributed by atoms with Gasteiger partial charge in [0, 0.05) is 20.5 Å². The van der Waals surface area contributed by atoms with Crippen LogP contribution in [0.3, 0.4) is 0 Å². The van der Waals surface area contributed by atoms with Gasteiger partial charge in [-0.3, -0.25) is 14.4 Å². The average Bonchev–Trinajstić information content (AvgIpc) is 2.49. The Balaban J connectivity index is 3.04. The van der Waals surface area contributed by atoms with E-state index in [4.69, 9.17) is 5.73 Å². The number of amides is 3. The van der Waals surface area contributed by atoms with Crippen LogP contribution in [0.4, 0.5) is 0 Å². The van der Waals surface area contributed by atoms with Crippen molar-refractivity contribution in [2.45, 2.75) is 32.2 Å². The highest BCUT2D eigenvalue weighted by Crippen LogP contribution is 2.38. The van der Waals surface area contributed by atoms with Gasteiger partial charge >= 0.3 is 0 Å². The molecule has 6 heteroatoms. The van der Waals surface area contributed by atoms with Crippen LogP contribution >= 0.6 is 0 Å². The number of primary amides is 1. The number of rotatable bonds is 4. The quantitative estimate of drug-likeness (QED) is 0.740. The minimum Gasteiger partial charge on any atom is -0.368 e. The fraction of sp³-hybridized carbons (Fsp3) is 0.750. The summed E-state index contributed by atoms with van der Waals surface area (Å²) in [6.45, 7) is 3.64. The fourth-order valence-corrected chi connectivity index (χ4v) is 2.85. The summed E-state index contributed by atoms with van der Waals surface area (Å²) in [5.74, 6) is -0.880. The van der Waals surface area contributed by atoms with Gasteiger partial charge in [-0.05, 0) is 12.3 Å². The van der Waals surface area contributed by atoms with Crippen LogP contribution in [0.5, 0.6) is 0 Å². The summed E-state index contributed by atoms with van der Waals surface area (Å²) < 4.78 is 0. The number of hydrogen-bond acceptors (Lipinski definition) is 3. The molecule has 1 fully saturated rings. The van der Waals surface area contributed by atoms with Gasteiger partial charge in [0.1, 0.15) is 5.54 Å². The Kier molecular flexibility index (Phi) is 3.98. The number of nitrogens with zero attached hydrogens (tertiary/aromatic N) is 2. The first-order chi connectivity index (χ1) is 8.27. The summed E-state index contributed by atoms with van der Waals surface area (Å²) in [7, 11) is 3.18. The van der Waals surface area contributed by atoms with Crippen molar-refractivity contribution in [3.8, 4) is 0 Å². The van der Waals surface area contributed by atoms with Crippen molar-refractivity contribution in [3.63, 3.8) is 0 Å². The summed E-state index contributed by atoms with van der Waals surface area (Å²) in [6, 6.07) is 0. The molecule has 3 amide bonds. The number of likely N-dealkylation sites (tertiary alicyclic amines) is 1. The Morgan fingerprint density at radius 3 is 2.44 bits per heavy atom. The molecular formula is C12H21N3O3. The summed E-state index contributed by atoms with van der Waals surface area (Å²) in [4.78, 5) is 38.0. The van der Waals surface area contributed by atoms with Crippen molar-refractivity contribution in [1.82, 2.24) is 9.80 Å². The molecule has 18 heavy (non-hydrogen) atoms. The van der Waals surface area contributed by atoms with Crippen LogP contribution in [0.2, 0.25) is 0 Å². The predicted octanol–water partition coefficient (Wildman–Crippen LogP) is -0.423. The Labute approximate surface area is 107 Å². The predicted molar refractivity (Wildman–Crippen MR) is 66.4 cm³/mol. The van der Waals surface area contributed by atoms with E-state index in [1.807, 2.05) is 13.8 Å². The molecule has 0 bridgehead atoms. The summed E-state index contributed by atoms with van der Waals surface area (Å²) in [6.07, 6.45) is 0.888. The van der Waals surface area contributed by atoms with Crippen LogP contribution in [0.1, 0.15) is 26.7 Å². The molecule has 1 rings (SSSR count). The molecule has 1 aliphatic heterocycles. The maximum absolute atomic E-state index is 12.5. The second-order valence-electron chi connectivity index (χ2n) is 4.96. The summed E-state index contributed by atoms with van der Waals surface area (Å²) >= 11 is 0. The van der Waals surface area contributed by atoms with Gasteiger partial charge in [0.25, 0.3) is 0 Å². The lowest BCUT2D eigenvalue weighted by Crippen LogP contribution is -2.58. The van der Waals surface area contributed by atoms with Crippen molar-refractivity contribution < 1.29 is 14.4 Å². The van der Waals surface area contributed by atoms with E-state index >= 15 is 0 Å². The lowest BCUT2D eigenvalue weighted by atomic mass is 9.82. The van der Waals surface area contributed by atoms with E-state index in [0.717, 1.165) is 0 Å². The molecule has 2 unspecified atom stereocenters. The molecule has 2 atom stereocenters. The third-order valence-corrected chi connectivity index (χ3v) is 3.92. The zero-order valence-corrected chi connectivity index (χ0v) is 11.4. The topological polar surface area (TPSA) is 83.7 Å². The van der Waals surface area contributed by atoms with Crippen molar-refractivity contribution in [1.29, 1.82) is 0 Å². The first-order valence-electron chi connectivity index (χ1n) is 6.07. The van der Waals surface area contributed by atoms with Gasteiger partial charge in [0.2, 0.25) is 17.7 Å². The van der Waals surface area contributed by atoms with Crippen LogP contribution in [0.15, 0.2) is 0 Å². The first-order valence-corrected chi connectivity index (χ1v) is 6.07. The summed E-state index contributed by atoms with van der Waals surface area (Å²) in [5.41, 5.74) is 4.25. The second-order valence-corrected chi connectivity index (χ2v) is 4.96. The van der Waals surface area contributed by atoms with Gasteiger partial charge in [0.15, 0.2) is 0 Å². The highest BCUT2D eigenvalue weighted by Gasteiger charge is 2.54. The third-order valence-electron chi connectivity index (χ3n) is 3.92. The lowest BCUT2D eigenvalue weighted by Gasteiger charge is -2.39. The smallest absolute Gasteiger partial charge is 0.249 e. The highest BCUT2D eigenvalue weighted by molar-refractivity contribution is 5.96. The molecule has 1 aliphatic rings. The molecule has 0 saturated carbocycles. The minimum absolute atomic E-state index is 0.0369. The van der Waals surface area contributed by atoms with Gasteiger partial charge in [-0.15, -0.1) is 0 Å². The van der Waals surface area contributed by atoms with Crippen LogP contribution in [-0.4, -0.2) is 53.7 Å². The van der Waals surface area contributed by atoms with E-state index in [1.165, 1.54) is 16.8 Å². The van der Waals surface area contributed by atoms with E-state index in [2.05, 4.69) is 0 Å². The lowest BCUT2D eigenvalue weighted by molar-refractivity contribution is -0.149. The molecule has 102 valence electrons. The van der Waals surface area contributed by atoms with E-state index in [9.17, 15) is 14.4 Å². The fourth-order valence-electron chi connectivity index (χ4n) is 2.85. The number of nitrogens with two attached hydrogens (primary N) is 1. The molecule has 0 spiro atoms. The van der Waals surface area contributed by atoms with Gasteiger partial charge < -0.3 is 15.5 Å². The monoisotopic (exact) mass is 255 g/mol. The number of likely N-dealkylation sites (N-methyl/N-ethyl adjacent to an activating group) is 2. The molecule has 0 aromatic rings.